The van der Waals surface area contributed by atoms with Crippen LogP contribution in [-0.4, -0.2) is 77.1 Å². The van der Waals surface area contributed by atoms with E-state index in [9.17, 15) is 29.1 Å². The van der Waals surface area contributed by atoms with Crippen LogP contribution in [0.4, 0.5) is 15.3 Å². The number of ether oxygens (including phenoxy) is 1. The van der Waals surface area contributed by atoms with E-state index < -0.39 is 41.6 Å². The molecule has 1 aliphatic heterocycles. The predicted molar refractivity (Wildman–Crippen MR) is 114 cm³/mol. The molecule has 1 atom stereocenters. The number of rotatable bonds is 5. The predicted octanol–water partition coefficient (Wildman–Crippen LogP) is 1.58. The van der Waals surface area contributed by atoms with Crippen LogP contribution in [0.25, 0.3) is 0 Å². The summed E-state index contributed by atoms with van der Waals surface area (Å²) in [5.74, 6) is -3.21. The number of carbonyl (C=O) groups is 5. The van der Waals surface area contributed by atoms with Gasteiger partial charge in [-0.1, -0.05) is 12.1 Å². The van der Waals surface area contributed by atoms with Gasteiger partial charge in [-0.15, -0.1) is 0 Å². The monoisotopic (exact) mass is 448 g/mol. The molecule has 0 aromatic heterocycles. The first kappa shape index (κ1) is 24.6. The van der Waals surface area contributed by atoms with Gasteiger partial charge in [0.2, 0.25) is 0 Å². The summed E-state index contributed by atoms with van der Waals surface area (Å²) >= 11 is 0. The SMILES string of the molecule is CCN1CCN(C(=O)N[C@H](C(=O)O)c2cccc(N(C)C(=O)OC(C)(C)C)c2)C(=O)C1=O. The molecule has 5 amide bonds. The minimum atomic E-state index is -1.51. The molecule has 2 rings (SSSR count). The highest BCUT2D eigenvalue weighted by molar-refractivity contribution is 6.38. The fourth-order valence-corrected chi connectivity index (χ4v) is 3.01. The van der Waals surface area contributed by atoms with E-state index in [2.05, 4.69) is 5.32 Å². The lowest BCUT2D eigenvalue weighted by Gasteiger charge is -2.32. The van der Waals surface area contributed by atoms with Gasteiger partial charge in [-0.3, -0.25) is 19.4 Å². The number of aliphatic carboxylic acids is 1. The number of piperazine rings is 1. The van der Waals surface area contributed by atoms with Crippen LogP contribution in [0.15, 0.2) is 24.3 Å². The lowest BCUT2D eigenvalue weighted by Crippen LogP contribution is -2.58. The van der Waals surface area contributed by atoms with Crippen molar-refractivity contribution in [2.24, 2.45) is 0 Å². The molecule has 174 valence electrons. The van der Waals surface area contributed by atoms with Crippen molar-refractivity contribution in [1.82, 2.24) is 15.1 Å². The summed E-state index contributed by atoms with van der Waals surface area (Å²) in [5, 5.41) is 11.9. The van der Waals surface area contributed by atoms with Gasteiger partial charge in [-0.2, -0.15) is 0 Å². The van der Waals surface area contributed by atoms with Crippen molar-refractivity contribution in [2.75, 3.05) is 31.6 Å². The van der Waals surface area contributed by atoms with Crippen LogP contribution < -0.4 is 10.2 Å². The molecule has 1 aliphatic rings. The van der Waals surface area contributed by atoms with Gasteiger partial charge in [-0.25, -0.2) is 14.4 Å². The molecule has 0 unspecified atom stereocenters. The van der Waals surface area contributed by atoms with Crippen molar-refractivity contribution >= 4 is 35.6 Å². The van der Waals surface area contributed by atoms with Crippen LogP contribution in [0.2, 0.25) is 0 Å². The lowest BCUT2D eigenvalue weighted by molar-refractivity contribution is -0.153. The van der Waals surface area contributed by atoms with Gasteiger partial charge in [0, 0.05) is 32.4 Å². The van der Waals surface area contributed by atoms with Gasteiger partial charge in [-0.05, 0) is 45.4 Å². The van der Waals surface area contributed by atoms with E-state index in [1.807, 2.05) is 0 Å². The number of anilines is 1. The number of benzene rings is 1. The number of urea groups is 1. The maximum absolute atomic E-state index is 12.6. The van der Waals surface area contributed by atoms with Gasteiger partial charge in [0.15, 0.2) is 6.04 Å². The molecule has 11 nitrogen and oxygen atoms in total. The number of hydrogen-bond donors (Lipinski definition) is 2. The average Bonchev–Trinajstić information content (AvgIpc) is 2.71. The lowest BCUT2D eigenvalue weighted by atomic mass is 10.1. The molecular formula is C21H28N4O7. The van der Waals surface area contributed by atoms with Gasteiger partial charge >= 0.3 is 29.9 Å². The summed E-state index contributed by atoms with van der Waals surface area (Å²) in [6, 6.07) is 3.50. The van der Waals surface area contributed by atoms with Crippen molar-refractivity contribution < 1.29 is 33.8 Å². The second kappa shape index (κ2) is 9.67. The summed E-state index contributed by atoms with van der Waals surface area (Å²) in [7, 11) is 1.47. The number of amides is 5. The zero-order valence-electron chi connectivity index (χ0n) is 18.7. The maximum atomic E-state index is 12.6. The number of carbonyl (C=O) groups excluding carboxylic acids is 4. The Bertz CT molecular complexity index is 925. The van der Waals surface area contributed by atoms with Crippen LogP contribution in [0.1, 0.15) is 39.3 Å². The number of nitrogens with zero attached hydrogens (tertiary/aromatic N) is 3. The highest BCUT2D eigenvalue weighted by Gasteiger charge is 2.37. The number of hydrogen-bond acceptors (Lipinski definition) is 6. The average molecular weight is 448 g/mol. The Kier molecular flexibility index (Phi) is 7.44. The van der Waals surface area contributed by atoms with Crippen molar-refractivity contribution in [2.45, 2.75) is 39.3 Å². The molecule has 32 heavy (non-hydrogen) atoms. The van der Waals surface area contributed by atoms with Crippen LogP contribution in [0.3, 0.4) is 0 Å². The summed E-state index contributed by atoms with van der Waals surface area (Å²) in [6.45, 7) is 7.32. The molecule has 1 fully saturated rings. The first-order valence-electron chi connectivity index (χ1n) is 10.1. The molecule has 2 N–H and O–H groups in total. The van der Waals surface area contributed by atoms with Crippen LogP contribution >= 0.6 is 0 Å². The van der Waals surface area contributed by atoms with Crippen LogP contribution in [0, 0.1) is 0 Å². The molecule has 0 radical (unpaired) electrons. The third-order valence-corrected chi connectivity index (χ3v) is 4.71. The molecule has 1 aromatic carbocycles. The Labute approximate surface area is 185 Å². The zero-order chi connectivity index (χ0) is 24.2. The molecular weight excluding hydrogens is 420 g/mol. The summed E-state index contributed by atoms with van der Waals surface area (Å²) in [5.41, 5.74) is -0.198. The summed E-state index contributed by atoms with van der Waals surface area (Å²) in [4.78, 5) is 64.2. The Morgan fingerprint density at radius 1 is 1.19 bits per heavy atom. The fourth-order valence-electron chi connectivity index (χ4n) is 3.01. The third kappa shape index (κ3) is 5.74. The second-order valence-electron chi connectivity index (χ2n) is 8.20. The number of carboxylic acids is 1. The van der Waals surface area contributed by atoms with E-state index in [1.165, 1.54) is 35.0 Å². The molecule has 0 bridgehead atoms. The molecule has 0 saturated carbocycles. The van der Waals surface area contributed by atoms with Crippen molar-refractivity contribution in [3.05, 3.63) is 29.8 Å². The zero-order valence-corrected chi connectivity index (χ0v) is 18.7. The maximum Gasteiger partial charge on any atom is 0.414 e. The number of carboxylic acid groups (broad SMARTS) is 1. The van der Waals surface area contributed by atoms with Gasteiger partial charge in [0.05, 0.1) is 0 Å². The highest BCUT2D eigenvalue weighted by atomic mass is 16.6. The van der Waals surface area contributed by atoms with E-state index in [-0.39, 0.29) is 18.7 Å². The molecule has 0 spiro atoms. The normalized spacial score (nSPS) is 15.3. The van der Waals surface area contributed by atoms with Gasteiger partial charge in [0.1, 0.15) is 5.60 Å². The minimum absolute atomic E-state index is 0.0436. The Morgan fingerprint density at radius 3 is 2.41 bits per heavy atom. The number of likely N-dealkylation sites (N-methyl/N-ethyl adjacent to an activating group) is 1. The standard InChI is InChI=1S/C21H28N4O7/c1-6-24-10-11-25(17(27)16(24)26)19(30)22-15(18(28)29)13-8-7-9-14(12-13)23(5)20(31)32-21(2,3)4/h7-9,12,15H,6,10-11H2,1-5H3,(H,22,30)(H,28,29)/t15-/m0/s1. The summed E-state index contributed by atoms with van der Waals surface area (Å²) < 4.78 is 5.31. The molecule has 11 heteroatoms. The first-order valence-corrected chi connectivity index (χ1v) is 10.1. The Hall–Kier alpha value is -3.63. The van der Waals surface area contributed by atoms with E-state index in [0.29, 0.717) is 17.1 Å². The third-order valence-electron chi connectivity index (χ3n) is 4.71. The van der Waals surface area contributed by atoms with Crippen molar-refractivity contribution in [3.63, 3.8) is 0 Å². The van der Waals surface area contributed by atoms with Gasteiger partial charge in [0.25, 0.3) is 0 Å². The van der Waals surface area contributed by atoms with E-state index in [4.69, 9.17) is 4.74 Å². The smallest absolute Gasteiger partial charge is 0.414 e. The van der Waals surface area contributed by atoms with Crippen LogP contribution in [-0.2, 0) is 19.1 Å². The number of imide groups is 1. The minimum Gasteiger partial charge on any atom is -0.479 e. The molecule has 1 heterocycles. The summed E-state index contributed by atoms with van der Waals surface area (Å²) in [6.07, 6.45) is -0.636. The van der Waals surface area contributed by atoms with E-state index in [1.54, 1.807) is 33.8 Å². The molecule has 0 aliphatic carbocycles. The van der Waals surface area contributed by atoms with Crippen molar-refractivity contribution in [3.8, 4) is 0 Å². The number of nitrogens with one attached hydrogen (secondary N) is 1. The van der Waals surface area contributed by atoms with E-state index >= 15 is 0 Å². The Morgan fingerprint density at radius 2 is 1.84 bits per heavy atom. The fraction of sp³-hybridized carbons (Fsp3) is 0.476. The van der Waals surface area contributed by atoms with E-state index in [0.717, 1.165) is 0 Å². The molecule has 1 saturated heterocycles. The van der Waals surface area contributed by atoms with Crippen molar-refractivity contribution in [1.29, 1.82) is 0 Å². The second-order valence-corrected chi connectivity index (χ2v) is 8.20. The largest absolute Gasteiger partial charge is 0.479 e. The van der Waals surface area contributed by atoms with Crippen LogP contribution in [0.5, 0.6) is 0 Å². The molecule has 1 aromatic rings. The highest BCUT2D eigenvalue weighted by Crippen LogP contribution is 2.23. The quantitative estimate of drug-likeness (QED) is 0.653. The Balaban J connectivity index is 2.21. The van der Waals surface area contributed by atoms with Gasteiger partial charge < -0.3 is 20.1 Å². The first-order chi connectivity index (χ1) is 14.9. The topological polar surface area (TPSA) is 137 Å².